The molecule has 3 aromatic carbocycles. The standard InChI is InChI=1S/C99H83Cl9F6N18O9/c1-17-61(133)127-44(11)32-124(33-45(127)12)89-53-27-59(101)83(65-68(104)74(110)77(113)92(137)71(65)107)122-95(53)131(98(140)56(89)30-116)86-42(9)24-50(119-80(86)39(4)5)19-21-63(135)129-48(15)36-126(37-49(129)16)90-54-28-60(102)84(66-69(105)75(111)78(114)93(138)72(66)108)123-96(54)132(99(141)57(90)31-117)87-43(10)25-51(120-81(87)40(6)7)18-20-62(134)128-46(13)34-125(35-47(128)14)88-52-26-58(100)82(64-67(103)73(109)76(112)91(136)70(64)106)121-94(52)130(97(139)55(88)29-115)85-41(8)22-23-118-79(85)38(2)3/h17-28,38-40,44-49,136-138H,1,32-37H2,2-16H3/b20-18-,21-19-/t44-,45+,46-,47+,48-,49+. The van der Waals surface area contributed by atoms with Crippen molar-refractivity contribution in [3.63, 3.8) is 0 Å². The number of fused-ring (bicyclic) bond motifs is 3. The van der Waals surface area contributed by atoms with Crippen LogP contribution in [0.4, 0.5) is 43.4 Å². The number of hydrogen-bond donors (Lipinski definition) is 3. The smallest absolute Gasteiger partial charge is 0.276 e. The van der Waals surface area contributed by atoms with Gasteiger partial charge in [0.15, 0.2) is 34.7 Å². The van der Waals surface area contributed by atoms with Crippen LogP contribution < -0.4 is 31.4 Å². The maximum atomic E-state index is 16.0. The third-order valence-corrected chi connectivity index (χ3v) is 28.4. The SMILES string of the molecule is C=CC(=O)N1[C@H](C)CN(c2c(C#N)c(=O)n(-c3c(C)cc(/C=C\C(=O)N4[C@H](C)CN(c5c(C#N)c(=O)n(-c6c(C)cc(/C=C\C(=O)N7[C@H](C)CN(c8c(C#N)c(=O)n(-c9c(C)ccnc9C(C)C)c9nc(-c%10c(Cl)c(O)c(F)c(F)c%10Cl)c(Cl)cc89)C[C@@H]7C)nc6C(C)C)c6nc(-c7c(Cl)c(O)c(F)c(F)c7Cl)c(Cl)cc56)C[C@@H]4C)nc3C(C)C)c3nc(-c4c(Cl)c(O)c(F)c(F)c4Cl)c(Cl)cc23)C[C@@H]1C. The van der Waals surface area contributed by atoms with Crippen molar-refractivity contribution in [2.45, 2.75) is 158 Å². The molecule has 12 heterocycles. The highest BCUT2D eigenvalue weighted by Crippen LogP contribution is 2.52. The zero-order valence-corrected chi connectivity index (χ0v) is 84.4. The number of carbonyl (C=O) groups excluding carboxylic acids is 3. The lowest BCUT2D eigenvalue weighted by molar-refractivity contribution is -0.131. The lowest BCUT2D eigenvalue weighted by Crippen LogP contribution is -2.58. The normalized spacial score (nSPS) is 17.0. The van der Waals surface area contributed by atoms with E-state index in [2.05, 4.69) is 29.8 Å². The molecule has 0 bridgehead atoms. The second-order valence-corrected chi connectivity index (χ2v) is 39.4. The topological polar surface area (TPSA) is 346 Å². The summed E-state index contributed by atoms with van der Waals surface area (Å²) < 4.78 is 95.6. The van der Waals surface area contributed by atoms with Gasteiger partial charge in [0.2, 0.25) is 35.2 Å². The van der Waals surface area contributed by atoms with Crippen LogP contribution in [0.5, 0.6) is 17.2 Å². The molecule has 3 saturated heterocycles. The van der Waals surface area contributed by atoms with Gasteiger partial charge in [-0.15, -0.1) is 0 Å². The Labute approximate surface area is 847 Å². The zero-order valence-electron chi connectivity index (χ0n) is 77.6. The first kappa shape index (κ1) is 103. The summed E-state index contributed by atoms with van der Waals surface area (Å²) in [5.41, 5.74) is -4.62. The van der Waals surface area contributed by atoms with Crippen molar-refractivity contribution in [2.75, 3.05) is 54.0 Å². The second kappa shape index (κ2) is 39.3. The molecular formula is C99H83Cl9F6N18O9. The van der Waals surface area contributed by atoms with E-state index in [1.54, 1.807) is 144 Å². The van der Waals surface area contributed by atoms with Crippen LogP contribution in [0.3, 0.4) is 0 Å². The number of halogens is 15. The van der Waals surface area contributed by atoms with E-state index in [1.807, 2.05) is 13.8 Å². The van der Waals surface area contributed by atoms with E-state index in [0.29, 0.717) is 22.4 Å². The van der Waals surface area contributed by atoms with Gasteiger partial charge < -0.3 is 44.7 Å². The number of carbonyl (C=O) groups is 3. The van der Waals surface area contributed by atoms with Gasteiger partial charge in [-0.05, 0) is 151 Å². The number of aryl methyl sites for hydroxylation is 3. The summed E-state index contributed by atoms with van der Waals surface area (Å²) in [6, 6.07) is 11.1. The van der Waals surface area contributed by atoms with Crippen molar-refractivity contribution in [3.05, 3.63) is 240 Å². The van der Waals surface area contributed by atoms with Crippen molar-refractivity contribution in [1.29, 1.82) is 15.8 Å². The minimum Gasteiger partial charge on any atom is -0.504 e. The number of nitriles is 3. The summed E-state index contributed by atoms with van der Waals surface area (Å²) in [6.07, 6.45) is 8.19. The van der Waals surface area contributed by atoms with Gasteiger partial charge in [-0.3, -0.25) is 57.4 Å². The largest absolute Gasteiger partial charge is 0.504 e. The van der Waals surface area contributed by atoms with Gasteiger partial charge in [-0.1, -0.05) is 153 Å². The van der Waals surface area contributed by atoms with E-state index in [-0.39, 0.29) is 173 Å². The summed E-state index contributed by atoms with van der Waals surface area (Å²) >= 11 is 60.4. The number of pyridine rings is 9. The van der Waals surface area contributed by atoms with Crippen LogP contribution >= 0.6 is 104 Å². The Morgan fingerprint density at radius 3 is 0.936 bits per heavy atom. The average molecular weight is 2100 g/mol. The number of piperazine rings is 3. The van der Waals surface area contributed by atoms with Crippen molar-refractivity contribution >= 4 is 184 Å². The molecule has 6 atom stereocenters. The second-order valence-electron chi connectivity index (χ2n) is 35.9. The number of amides is 3. The molecule has 3 N–H and O–H groups in total. The zero-order chi connectivity index (χ0) is 103. The molecule has 728 valence electrons. The maximum Gasteiger partial charge on any atom is 0.276 e. The molecule has 12 aromatic rings. The molecule has 0 radical (unpaired) electrons. The Bertz CT molecular complexity index is 7770. The summed E-state index contributed by atoms with van der Waals surface area (Å²) in [5.74, 6) is -17.3. The van der Waals surface area contributed by atoms with E-state index in [9.17, 15) is 45.1 Å². The third kappa shape index (κ3) is 17.4. The average Bonchev–Trinajstić information content (AvgIpc) is 0.725. The molecule has 141 heavy (non-hydrogen) atoms. The maximum absolute atomic E-state index is 16.0. The summed E-state index contributed by atoms with van der Waals surface area (Å²) in [6.45, 7) is 29.8. The number of hydrogen-bond acceptors (Lipinski definition) is 21. The Hall–Kier alpha value is -12.7. The fourth-order valence-electron chi connectivity index (χ4n) is 19.4. The van der Waals surface area contributed by atoms with Crippen LogP contribution in [-0.2, 0) is 14.4 Å². The Morgan fingerprint density at radius 2 is 0.674 bits per heavy atom. The molecule has 3 aliphatic heterocycles. The molecule has 9 aromatic heterocycles. The minimum atomic E-state index is -1.80. The molecule has 42 heteroatoms. The van der Waals surface area contributed by atoms with Crippen molar-refractivity contribution in [3.8, 4) is 86.3 Å². The van der Waals surface area contributed by atoms with Gasteiger partial charge in [-0.2, -0.15) is 29.0 Å². The molecule has 0 spiro atoms. The number of phenols is 3. The highest BCUT2D eigenvalue weighted by atomic mass is 35.5. The lowest BCUT2D eigenvalue weighted by atomic mass is 10.00. The van der Waals surface area contributed by atoms with Gasteiger partial charge >= 0.3 is 0 Å². The number of aromatic nitrogens is 9. The van der Waals surface area contributed by atoms with Gasteiger partial charge in [0.1, 0.15) is 51.8 Å². The minimum absolute atomic E-state index is 0.0117. The number of rotatable bonds is 17. The Balaban J connectivity index is 0.771. The Kier molecular flexibility index (Phi) is 28.6. The number of anilines is 3. The molecule has 27 nitrogen and oxygen atoms in total. The first-order valence-corrected chi connectivity index (χ1v) is 47.3. The Morgan fingerprint density at radius 1 is 0.404 bits per heavy atom. The fourth-order valence-corrected chi connectivity index (χ4v) is 21.9. The predicted octanol–water partition coefficient (Wildman–Crippen LogP) is 21.6. The number of benzene rings is 3. The monoisotopic (exact) mass is 2100 g/mol. The van der Waals surface area contributed by atoms with Crippen molar-refractivity contribution in [2.24, 2.45) is 0 Å². The molecule has 0 aliphatic carbocycles. The van der Waals surface area contributed by atoms with Gasteiger partial charge in [0, 0.05) is 127 Å². The van der Waals surface area contributed by atoms with Crippen LogP contribution in [-0.4, -0.2) is 167 Å². The van der Waals surface area contributed by atoms with E-state index in [1.165, 1.54) is 53.1 Å². The molecule has 0 unspecified atom stereocenters. The summed E-state index contributed by atoms with van der Waals surface area (Å²) in [7, 11) is 0. The van der Waals surface area contributed by atoms with E-state index >= 15 is 41.1 Å². The summed E-state index contributed by atoms with van der Waals surface area (Å²) in [4.78, 5) is 129. The number of phenolic OH excluding ortho intramolecular Hbond substituents is 3. The lowest BCUT2D eigenvalue weighted by Gasteiger charge is -2.45. The van der Waals surface area contributed by atoms with E-state index < -0.39 is 193 Å². The van der Waals surface area contributed by atoms with Crippen molar-refractivity contribution < 1.29 is 56.0 Å². The van der Waals surface area contributed by atoms with Gasteiger partial charge in [-0.25, -0.2) is 28.1 Å². The quantitative estimate of drug-likeness (QED) is 0.0330. The number of nitrogens with zero attached hydrogens (tertiary/aromatic N) is 18. The summed E-state index contributed by atoms with van der Waals surface area (Å²) in [5, 5.41) is 60.4. The number of aromatic hydroxyl groups is 3. The first-order valence-electron chi connectivity index (χ1n) is 43.9. The van der Waals surface area contributed by atoms with Crippen molar-refractivity contribution in [1.82, 2.24) is 58.3 Å². The highest BCUT2D eigenvalue weighted by molar-refractivity contribution is 6.44. The fraction of sp³-hybridized carbons (Fsp3) is 0.303. The molecule has 0 saturated carbocycles. The van der Waals surface area contributed by atoms with E-state index in [4.69, 9.17) is 129 Å². The van der Waals surface area contributed by atoms with E-state index in [0.717, 1.165) is 9.13 Å². The van der Waals surface area contributed by atoms with Crippen LogP contribution in [0.2, 0.25) is 45.2 Å². The van der Waals surface area contributed by atoms with Crippen LogP contribution in [0.25, 0.3) is 96.1 Å². The van der Waals surface area contributed by atoms with Gasteiger partial charge in [0.25, 0.3) is 16.7 Å². The molecule has 3 amide bonds. The van der Waals surface area contributed by atoms with Crippen LogP contribution in [0.15, 0.2) is 81.8 Å². The molecular weight excluding hydrogens is 2020 g/mol. The first-order chi connectivity index (χ1) is 66.5. The molecule has 3 fully saturated rings. The third-order valence-electron chi connectivity index (χ3n) is 25.4. The molecule has 15 rings (SSSR count). The predicted molar refractivity (Wildman–Crippen MR) is 534 cm³/mol. The van der Waals surface area contributed by atoms with Gasteiger partial charge in [0.05, 0.1) is 125 Å². The highest BCUT2D eigenvalue weighted by Gasteiger charge is 2.43. The van der Waals surface area contributed by atoms with Crippen LogP contribution in [0, 0.1) is 89.7 Å². The van der Waals surface area contributed by atoms with Crippen LogP contribution in [0.1, 0.15) is 163 Å². The molecule has 3 aliphatic rings.